The van der Waals surface area contributed by atoms with Crippen LogP contribution in [-0.2, 0) is 7.05 Å². The molecule has 0 radical (unpaired) electrons. The maximum Gasteiger partial charge on any atom is 0.165 e. The Morgan fingerprint density at radius 1 is 1.47 bits per heavy atom. The van der Waals surface area contributed by atoms with Gasteiger partial charge in [0.05, 0.1) is 6.61 Å². The van der Waals surface area contributed by atoms with Gasteiger partial charge in [0, 0.05) is 18.8 Å². The third-order valence-corrected chi connectivity index (χ3v) is 2.40. The van der Waals surface area contributed by atoms with Crippen molar-refractivity contribution in [3.8, 4) is 16.9 Å². The lowest BCUT2D eigenvalue weighted by Crippen LogP contribution is -1.95. The predicted molar refractivity (Wildman–Crippen MR) is 64.2 cm³/mol. The highest BCUT2D eigenvalue weighted by atomic mass is 19.1. The molecule has 2 N–H and O–H groups in total. The summed E-state index contributed by atoms with van der Waals surface area (Å²) in [5.41, 5.74) is 7.14. The van der Waals surface area contributed by atoms with Gasteiger partial charge in [-0.2, -0.15) is 5.10 Å². The molecule has 0 aliphatic heterocycles. The second-order valence-electron chi connectivity index (χ2n) is 3.68. The summed E-state index contributed by atoms with van der Waals surface area (Å²) >= 11 is 0. The van der Waals surface area contributed by atoms with Crippen LogP contribution in [0.1, 0.15) is 6.92 Å². The first-order valence-electron chi connectivity index (χ1n) is 5.33. The fraction of sp³-hybridized carbons (Fsp3) is 0.250. The van der Waals surface area contributed by atoms with E-state index < -0.39 is 5.82 Å². The first-order valence-corrected chi connectivity index (χ1v) is 5.33. The van der Waals surface area contributed by atoms with Crippen LogP contribution >= 0.6 is 0 Å². The van der Waals surface area contributed by atoms with E-state index in [-0.39, 0.29) is 5.75 Å². The number of aromatic nitrogens is 2. The number of aryl methyl sites for hydroxylation is 1. The molecule has 0 fully saturated rings. The van der Waals surface area contributed by atoms with Crippen LogP contribution in [0.2, 0.25) is 0 Å². The summed E-state index contributed by atoms with van der Waals surface area (Å²) in [5, 5.41) is 4.02. The second-order valence-corrected chi connectivity index (χ2v) is 3.68. The fourth-order valence-corrected chi connectivity index (χ4v) is 1.67. The average Bonchev–Trinajstić information content (AvgIpc) is 2.61. The van der Waals surface area contributed by atoms with Gasteiger partial charge in [0.2, 0.25) is 0 Å². The van der Waals surface area contributed by atoms with Gasteiger partial charge in [-0.05, 0) is 24.6 Å². The van der Waals surface area contributed by atoms with Crippen molar-refractivity contribution in [1.29, 1.82) is 0 Å². The van der Waals surface area contributed by atoms with E-state index in [0.29, 0.717) is 18.0 Å². The van der Waals surface area contributed by atoms with E-state index in [1.165, 1.54) is 6.07 Å². The minimum absolute atomic E-state index is 0.249. The molecule has 0 bridgehead atoms. The molecule has 0 amide bonds. The van der Waals surface area contributed by atoms with E-state index in [1.807, 2.05) is 6.92 Å². The van der Waals surface area contributed by atoms with Crippen molar-refractivity contribution in [1.82, 2.24) is 9.78 Å². The molecule has 2 rings (SSSR count). The van der Waals surface area contributed by atoms with Gasteiger partial charge < -0.3 is 10.5 Å². The van der Waals surface area contributed by atoms with Crippen LogP contribution in [0.4, 0.5) is 10.2 Å². The number of nitrogens with zero attached hydrogens (tertiary/aromatic N) is 2. The molecule has 90 valence electrons. The number of hydrogen-bond donors (Lipinski definition) is 1. The van der Waals surface area contributed by atoms with Gasteiger partial charge in [0.15, 0.2) is 17.4 Å². The largest absolute Gasteiger partial charge is 0.491 e. The Morgan fingerprint density at radius 2 is 2.24 bits per heavy atom. The van der Waals surface area contributed by atoms with E-state index in [2.05, 4.69) is 5.10 Å². The minimum Gasteiger partial charge on any atom is -0.491 e. The first kappa shape index (κ1) is 11.4. The minimum atomic E-state index is -0.396. The predicted octanol–water partition coefficient (Wildman–Crippen LogP) is 2.21. The van der Waals surface area contributed by atoms with Crippen molar-refractivity contribution in [2.45, 2.75) is 6.92 Å². The van der Waals surface area contributed by atoms with Crippen LogP contribution in [0.15, 0.2) is 24.4 Å². The highest BCUT2D eigenvalue weighted by Gasteiger charge is 2.10. The molecule has 5 heteroatoms. The number of anilines is 1. The van der Waals surface area contributed by atoms with Crippen LogP contribution in [0.25, 0.3) is 11.1 Å². The molecule has 1 aromatic heterocycles. The van der Waals surface area contributed by atoms with Gasteiger partial charge in [0.25, 0.3) is 0 Å². The Labute approximate surface area is 98.8 Å². The van der Waals surface area contributed by atoms with Crippen LogP contribution in [0.3, 0.4) is 0 Å². The number of rotatable bonds is 3. The van der Waals surface area contributed by atoms with Crippen LogP contribution in [-0.4, -0.2) is 16.4 Å². The van der Waals surface area contributed by atoms with Crippen LogP contribution < -0.4 is 10.5 Å². The molecule has 0 atom stereocenters. The Kier molecular flexibility index (Phi) is 2.99. The average molecular weight is 235 g/mol. The first-order chi connectivity index (χ1) is 8.11. The number of hydrogen-bond acceptors (Lipinski definition) is 3. The molecule has 0 spiro atoms. The zero-order valence-electron chi connectivity index (χ0n) is 9.77. The standard InChI is InChI=1S/C12H14FN3O/c1-3-17-11-5-4-8(6-10(11)13)9-7-16(2)15-12(9)14/h4-7H,3H2,1-2H3,(H2,14,15). The Morgan fingerprint density at radius 3 is 2.76 bits per heavy atom. The lowest BCUT2D eigenvalue weighted by Gasteiger charge is -2.06. The summed E-state index contributed by atoms with van der Waals surface area (Å²) in [5.74, 6) is 0.238. The number of halogens is 1. The van der Waals surface area contributed by atoms with Crippen LogP contribution in [0, 0.1) is 5.82 Å². The van der Waals surface area contributed by atoms with Crippen molar-refractivity contribution in [3.05, 3.63) is 30.2 Å². The van der Waals surface area contributed by atoms with Gasteiger partial charge in [-0.3, -0.25) is 4.68 Å². The fourth-order valence-electron chi connectivity index (χ4n) is 1.67. The topological polar surface area (TPSA) is 53.1 Å². The molecule has 0 saturated carbocycles. The summed E-state index contributed by atoms with van der Waals surface area (Å²) in [6.45, 7) is 2.25. The summed E-state index contributed by atoms with van der Waals surface area (Å²) in [7, 11) is 1.77. The van der Waals surface area contributed by atoms with Gasteiger partial charge in [-0.1, -0.05) is 6.07 Å². The maximum atomic E-state index is 13.7. The van der Waals surface area contributed by atoms with Crippen LogP contribution in [0.5, 0.6) is 5.75 Å². The molecule has 0 unspecified atom stereocenters. The second kappa shape index (κ2) is 4.45. The zero-order valence-corrected chi connectivity index (χ0v) is 9.77. The monoisotopic (exact) mass is 235 g/mol. The normalized spacial score (nSPS) is 10.5. The number of benzene rings is 1. The molecule has 1 heterocycles. The highest BCUT2D eigenvalue weighted by molar-refractivity contribution is 5.73. The third-order valence-electron chi connectivity index (χ3n) is 2.40. The maximum absolute atomic E-state index is 13.7. The number of ether oxygens (including phenoxy) is 1. The smallest absolute Gasteiger partial charge is 0.165 e. The van der Waals surface area contributed by atoms with Gasteiger partial charge >= 0.3 is 0 Å². The van der Waals surface area contributed by atoms with Crippen molar-refractivity contribution < 1.29 is 9.13 Å². The molecule has 0 saturated heterocycles. The summed E-state index contributed by atoms with van der Waals surface area (Å²) in [6.07, 6.45) is 1.75. The quantitative estimate of drug-likeness (QED) is 0.887. The molecule has 4 nitrogen and oxygen atoms in total. The van der Waals surface area contributed by atoms with E-state index in [4.69, 9.17) is 10.5 Å². The summed E-state index contributed by atoms with van der Waals surface area (Å²) in [6, 6.07) is 4.76. The Balaban J connectivity index is 2.41. The lowest BCUT2D eigenvalue weighted by molar-refractivity contribution is 0.321. The van der Waals surface area contributed by atoms with E-state index in [1.54, 1.807) is 30.1 Å². The van der Waals surface area contributed by atoms with Crippen molar-refractivity contribution >= 4 is 5.82 Å². The SMILES string of the molecule is CCOc1ccc(-c2cn(C)nc2N)cc1F. The molecule has 0 aliphatic rings. The van der Waals surface area contributed by atoms with E-state index in [0.717, 1.165) is 5.56 Å². The lowest BCUT2D eigenvalue weighted by atomic mass is 10.1. The molecular formula is C12H14FN3O. The van der Waals surface area contributed by atoms with E-state index >= 15 is 0 Å². The highest BCUT2D eigenvalue weighted by Crippen LogP contribution is 2.28. The number of nitrogens with two attached hydrogens (primary N) is 1. The molecule has 1 aromatic carbocycles. The molecule has 0 aliphatic carbocycles. The number of nitrogen functional groups attached to an aromatic ring is 1. The summed E-state index contributed by atoms with van der Waals surface area (Å²) < 4.78 is 20.4. The van der Waals surface area contributed by atoms with E-state index in [9.17, 15) is 4.39 Å². The van der Waals surface area contributed by atoms with Crippen molar-refractivity contribution in [2.75, 3.05) is 12.3 Å². The molecular weight excluding hydrogens is 221 g/mol. The van der Waals surface area contributed by atoms with Crippen molar-refractivity contribution in [3.63, 3.8) is 0 Å². The van der Waals surface area contributed by atoms with Gasteiger partial charge in [-0.15, -0.1) is 0 Å². The molecule has 2 aromatic rings. The van der Waals surface area contributed by atoms with Crippen molar-refractivity contribution in [2.24, 2.45) is 7.05 Å². The zero-order chi connectivity index (χ0) is 12.4. The Hall–Kier alpha value is -2.04. The van der Waals surface area contributed by atoms with Gasteiger partial charge in [-0.25, -0.2) is 4.39 Å². The Bertz CT molecular complexity index is 537. The van der Waals surface area contributed by atoms with Gasteiger partial charge in [0.1, 0.15) is 0 Å². The summed E-state index contributed by atoms with van der Waals surface area (Å²) in [4.78, 5) is 0. The molecule has 17 heavy (non-hydrogen) atoms. The third kappa shape index (κ3) is 2.22.